The Labute approximate surface area is 65.2 Å². The second kappa shape index (κ2) is 3.38. The molecule has 1 heteroatoms. The van der Waals surface area contributed by atoms with E-state index in [1.165, 1.54) is 0 Å². The monoisotopic (exact) mass is 143 g/mol. The Kier molecular flexibility index (Phi) is 3.37. The molecule has 0 radical (unpaired) electrons. The van der Waals surface area contributed by atoms with Gasteiger partial charge in [-0.3, -0.25) is 0 Å². The van der Waals surface area contributed by atoms with Crippen molar-refractivity contribution >= 4 is 0 Å². The summed E-state index contributed by atoms with van der Waals surface area (Å²) in [5.41, 5.74) is 0.419. The third-order valence-corrected chi connectivity index (χ3v) is 2.57. The van der Waals surface area contributed by atoms with Crippen LogP contribution in [0.4, 0.5) is 0 Å². The van der Waals surface area contributed by atoms with Gasteiger partial charge in [0.2, 0.25) is 0 Å². The Morgan fingerprint density at radius 1 is 1.10 bits per heavy atom. The molecule has 1 N–H and O–H groups in total. The van der Waals surface area contributed by atoms with Crippen LogP contribution in [0.1, 0.15) is 34.6 Å². The molecule has 0 aromatic carbocycles. The van der Waals surface area contributed by atoms with Gasteiger partial charge >= 0.3 is 0 Å². The van der Waals surface area contributed by atoms with Crippen molar-refractivity contribution < 1.29 is 0 Å². The number of hydrogen-bond donors (Lipinski definition) is 1. The van der Waals surface area contributed by atoms with Crippen molar-refractivity contribution in [3.8, 4) is 0 Å². The van der Waals surface area contributed by atoms with Crippen molar-refractivity contribution in [2.24, 2.45) is 11.3 Å². The maximum atomic E-state index is 3.27. The molecule has 0 aliphatic rings. The lowest BCUT2D eigenvalue weighted by atomic mass is 9.78. The summed E-state index contributed by atoms with van der Waals surface area (Å²) in [6.45, 7) is 11.4. The summed E-state index contributed by atoms with van der Waals surface area (Å²) in [5.74, 6) is 0.720. The predicted molar refractivity (Wildman–Crippen MR) is 47.1 cm³/mol. The molecule has 0 aliphatic carbocycles. The molecule has 0 saturated heterocycles. The van der Waals surface area contributed by atoms with Gasteiger partial charge in [0, 0.05) is 6.04 Å². The van der Waals surface area contributed by atoms with Gasteiger partial charge in [0.1, 0.15) is 0 Å². The SMILES string of the molecule is CNC(C)C(C)C(C)(C)C. The minimum absolute atomic E-state index is 0.419. The smallest absolute Gasteiger partial charge is 0.00663 e. The summed E-state index contributed by atoms with van der Waals surface area (Å²) in [6.07, 6.45) is 0. The first kappa shape index (κ1) is 9.96. The Hall–Kier alpha value is -0.0400. The summed E-state index contributed by atoms with van der Waals surface area (Å²) >= 11 is 0. The van der Waals surface area contributed by atoms with Crippen LogP contribution in [0, 0.1) is 11.3 Å². The lowest BCUT2D eigenvalue weighted by molar-refractivity contribution is 0.212. The summed E-state index contributed by atoms with van der Waals surface area (Å²) in [4.78, 5) is 0. The summed E-state index contributed by atoms with van der Waals surface area (Å²) in [6, 6.07) is 0.611. The van der Waals surface area contributed by atoms with E-state index in [0.29, 0.717) is 11.5 Å². The highest BCUT2D eigenvalue weighted by Crippen LogP contribution is 2.27. The number of hydrogen-bond acceptors (Lipinski definition) is 1. The van der Waals surface area contributed by atoms with Gasteiger partial charge in [0.15, 0.2) is 0 Å². The van der Waals surface area contributed by atoms with Crippen LogP contribution in [0.2, 0.25) is 0 Å². The molecule has 0 bridgehead atoms. The highest BCUT2D eigenvalue weighted by atomic mass is 14.9. The molecule has 0 amide bonds. The minimum atomic E-state index is 0.419. The molecule has 2 atom stereocenters. The topological polar surface area (TPSA) is 12.0 Å². The van der Waals surface area contributed by atoms with Gasteiger partial charge < -0.3 is 5.32 Å². The van der Waals surface area contributed by atoms with Crippen LogP contribution < -0.4 is 5.32 Å². The molecule has 0 aliphatic heterocycles. The molecule has 0 aromatic rings. The number of nitrogens with one attached hydrogen (secondary N) is 1. The van der Waals surface area contributed by atoms with E-state index in [4.69, 9.17) is 0 Å². The van der Waals surface area contributed by atoms with Crippen LogP contribution in [0.15, 0.2) is 0 Å². The highest BCUT2D eigenvalue weighted by Gasteiger charge is 2.23. The molecular weight excluding hydrogens is 122 g/mol. The lowest BCUT2D eigenvalue weighted by Crippen LogP contribution is -2.36. The fourth-order valence-electron chi connectivity index (χ4n) is 1.00. The zero-order valence-corrected chi connectivity index (χ0v) is 8.15. The average molecular weight is 143 g/mol. The van der Waals surface area contributed by atoms with Crippen molar-refractivity contribution in [3.63, 3.8) is 0 Å². The first-order valence-corrected chi connectivity index (χ1v) is 4.07. The molecule has 62 valence electrons. The van der Waals surface area contributed by atoms with Crippen LogP contribution in [0.3, 0.4) is 0 Å². The summed E-state index contributed by atoms with van der Waals surface area (Å²) in [5, 5.41) is 3.27. The van der Waals surface area contributed by atoms with Crippen LogP contribution in [-0.4, -0.2) is 13.1 Å². The Morgan fingerprint density at radius 3 is 1.60 bits per heavy atom. The third kappa shape index (κ3) is 2.70. The summed E-state index contributed by atoms with van der Waals surface area (Å²) in [7, 11) is 2.02. The van der Waals surface area contributed by atoms with E-state index >= 15 is 0 Å². The van der Waals surface area contributed by atoms with E-state index in [9.17, 15) is 0 Å². The maximum absolute atomic E-state index is 3.27. The quantitative estimate of drug-likeness (QED) is 0.625. The predicted octanol–water partition coefficient (Wildman–Crippen LogP) is 2.28. The second-order valence-corrected chi connectivity index (χ2v) is 4.23. The normalized spacial score (nSPS) is 18.6. The van der Waals surface area contributed by atoms with Gasteiger partial charge in [-0.15, -0.1) is 0 Å². The van der Waals surface area contributed by atoms with Crippen LogP contribution in [0.5, 0.6) is 0 Å². The van der Waals surface area contributed by atoms with Crippen molar-refractivity contribution in [1.82, 2.24) is 5.32 Å². The first-order chi connectivity index (χ1) is 4.39. The van der Waals surface area contributed by atoms with Crippen molar-refractivity contribution in [2.75, 3.05) is 7.05 Å². The highest BCUT2D eigenvalue weighted by molar-refractivity contribution is 4.77. The first-order valence-electron chi connectivity index (χ1n) is 4.07. The van der Waals surface area contributed by atoms with Gasteiger partial charge in [-0.1, -0.05) is 27.7 Å². The Balaban J connectivity index is 3.94. The van der Waals surface area contributed by atoms with Crippen LogP contribution >= 0.6 is 0 Å². The molecular formula is C9H21N. The molecule has 0 fully saturated rings. The molecule has 0 saturated carbocycles. The average Bonchev–Trinajstić information content (AvgIpc) is 1.83. The van der Waals surface area contributed by atoms with Crippen molar-refractivity contribution in [1.29, 1.82) is 0 Å². The molecule has 0 aromatic heterocycles. The summed E-state index contributed by atoms with van der Waals surface area (Å²) < 4.78 is 0. The van der Waals surface area contributed by atoms with E-state index in [2.05, 4.69) is 39.9 Å². The Morgan fingerprint density at radius 2 is 1.50 bits per heavy atom. The van der Waals surface area contributed by atoms with Crippen LogP contribution in [-0.2, 0) is 0 Å². The van der Waals surface area contributed by atoms with E-state index in [1.54, 1.807) is 0 Å². The van der Waals surface area contributed by atoms with E-state index < -0.39 is 0 Å². The zero-order chi connectivity index (χ0) is 8.36. The lowest BCUT2D eigenvalue weighted by Gasteiger charge is -2.32. The fraction of sp³-hybridized carbons (Fsp3) is 1.00. The van der Waals surface area contributed by atoms with E-state index in [0.717, 1.165) is 5.92 Å². The number of rotatable bonds is 2. The fourth-order valence-corrected chi connectivity index (χ4v) is 1.00. The van der Waals surface area contributed by atoms with Crippen molar-refractivity contribution in [2.45, 2.75) is 40.7 Å². The van der Waals surface area contributed by atoms with Crippen LogP contribution in [0.25, 0.3) is 0 Å². The minimum Gasteiger partial charge on any atom is -0.317 e. The molecule has 2 unspecified atom stereocenters. The maximum Gasteiger partial charge on any atom is 0.00663 e. The third-order valence-electron chi connectivity index (χ3n) is 2.57. The second-order valence-electron chi connectivity index (χ2n) is 4.23. The van der Waals surface area contributed by atoms with Gasteiger partial charge in [-0.25, -0.2) is 0 Å². The standard InChI is InChI=1S/C9H21N/c1-7(8(2)10-6)9(3,4)5/h7-8,10H,1-6H3. The van der Waals surface area contributed by atoms with Gasteiger partial charge in [-0.05, 0) is 25.3 Å². The molecule has 10 heavy (non-hydrogen) atoms. The molecule has 0 spiro atoms. The largest absolute Gasteiger partial charge is 0.317 e. The Bertz CT molecular complexity index is 91.4. The van der Waals surface area contributed by atoms with E-state index in [-0.39, 0.29) is 0 Å². The van der Waals surface area contributed by atoms with E-state index in [1.807, 2.05) is 7.05 Å². The van der Waals surface area contributed by atoms with Gasteiger partial charge in [0.25, 0.3) is 0 Å². The molecule has 1 nitrogen and oxygen atoms in total. The van der Waals surface area contributed by atoms with Gasteiger partial charge in [-0.2, -0.15) is 0 Å². The molecule has 0 heterocycles. The van der Waals surface area contributed by atoms with Crippen molar-refractivity contribution in [3.05, 3.63) is 0 Å². The molecule has 0 rings (SSSR count). The zero-order valence-electron chi connectivity index (χ0n) is 8.15. The van der Waals surface area contributed by atoms with Gasteiger partial charge in [0.05, 0.1) is 0 Å².